The van der Waals surface area contributed by atoms with Crippen molar-refractivity contribution < 1.29 is 43.1 Å². The first kappa shape index (κ1) is 30.9. The zero-order valence-corrected chi connectivity index (χ0v) is 24.1. The highest BCUT2D eigenvalue weighted by atomic mass is 32.2. The zero-order valence-electron chi connectivity index (χ0n) is 23.3. The summed E-state index contributed by atoms with van der Waals surface area (Å²) in [7, 11) is 0. The second kappa shape index (κ2) is 11.9. The number of aryl methyl sites for hydroxylation is 1. The van der Waals surface area contributed by atoms with Gasteiger partial charge in [0.05, 0.1) is 35.9 Å². The third kappa shape index (κ3) is 5.96. The summed E-state index contributed by atoms with van der Waals surface area (Å²) in [6, 6.07) is 7.92. The molecule has 0 unspecified atom stereocenters. The van der Waals surface area contributed by atoms with Gasteiger partial charge >= 0.3 is 0 Å². The van der Waals surface area contributed by atoms with E-state index in [-0.39, 0.29) is 11.3 Å². The van der Waals surface area contributed by atoms with Gasteiger partial charge in [0.2, 0.25) is 0 Å². The van der Waals surface area contributed by atoms with Crippen molar-refractivity contribution in [1.29, 1.82) is 0 Å². The van der Waals surface area contributed by atoms with Crippen LogP contribution in [0.4, 0.5) is 13.2 Å². The predicted molar refractivity (Wildman–Crippen MR) is 148 cm³/mol. The lowest BCUT2D eigenvalue weighted by Crippen LogP contribution is -2.56. The van der Waals surface area contributed by atoms with Crippen LogP contribution >= 0.6 is 11.8 Å². The lowest BCUT2D eigenvalue weighted by Gasteiger charge is -2.48. The van der Waals surface area contributed by atoms with E-state index >= 15 is 0 Å². The summed E-state index contributed by atoms with van der Waals surface area (Å²) in [6.45, 7) is 5.47. The average molecular weight is 610 g/mol. The molecular weight excluding hydrogens is 575 g/mol. The van der Waals surface area contributed by atoms with Crippen molar-refractivity contribution in [3.05, 3.63) is 71.2 Å². The third-order valence-electron chi connectivity index (χ3n) is 7.93. The fraction of sp³-hybridized carbons (Fsp3) is 0.517. The number of ether oxygens (including phenoxy) is 2. The van der Waals surface area contributed by atoms with Gasteiger partial charge in [-0.2, -0.15) is 0 Å². The second-order valence-electron chi connectivity index (χ2n) is 11.5. The molecular formula is C29H34F3N3O6S. The number of benzene rings is 2. The molecule has 9 nitrogen and oxygen atoms in total. The monoisotopic (exact) mass is 609 g/mol. The van der Waals surface area contributed by atoms with Crippen LogP contribution in [0.1, 0.15) is 49.1 Å². The lowest BCUT2D eigenvalue weighted by atomic mass is 9.79. The van der Waals surface area contributed by atoms with Crippen LogP contribution in [0.25, 0.3) is 11.3 Å². The molecule has 13 heteroatoms. The van der Waals surface area contributed by atoms with Crippen molar-refractivity contribution in [3.63, 3.8) is 0 Å². The van der Waals surface area contributed by atoms with Crippen LogP contribution in [0.2, 0.25) is 0 Å². The number of hydrogen-bond acceptors (Lipinski definition) is 9. The number of hydrogen-bond donors (Lipinski definition) is 4. The van der Waals surface area contributed by atoms with Crippen LogP contribution < -0.4 is 0 Å². The second-order valence-corrected chi connectivity index (χ2v) is 12.8. The molecule has 0 spiro atoms. The molecule has 0 aliphatic carbocycles. The van der Waals surface area contributed by atoms with Crippen molar-refractivity contribution in [2.24, 2.45) is 0 Å². The molecule has 2 saturated heterocycles. The summed E-state index contributed by atoms with van der Waals surface area (Å²) in [6.07, 6.45) is -2.10. The molecule has 3 aromatic rings. The lowest BCUT2D eigenvalue weighted by molar-refractivity contribution is -0.179. The van der Waals surface area contributed by atoms with E-state index in [1.807, 2.05) is 45.0 Å². The first-order chi connectivity index (χ1) is 19.8. The Kier molecular flexibility index (Phi) is 8.74. The van der Waals surface area contributed by atoms with Gasteiger partial charge in [0.15, 0.2) is 17.5 Å². The largest absolute Gasteiger partial charge is 0.394 e. The number of halogens is 3. The molecule has 7 atom stereocenters. The minimum atomic E-state index is -1.62. The standard InChI is InChI=1S/C29H34F3N3O6S/c1-15-6-4-5-7-17(15)26(29(39)8-9-40-28(2,3)14-29)42-27-25(38)23(24(37)21(13-36)41-27)35-12-20(33-34-35)16-10-18(30)22(32)19(31)11-16/h4-7,10-12,21,23-27,36-39H,8-9,13-14H2,1-3H3/t21-,23+,24+,25-,26+,27+,29+/m1/s1. The van der Waals surface area contributed by atoms with E-state index in [0.717, 1.165) is 27.9 Å². The van der Waals surface area contributed by atoms with Crippen LogP contribution in [0.5, 0.6) is 0 Å². The van der Waals surface area contributed by atoms with Gasteiger partial charge < -0.3 is 29.9 Å². The third-order valence-corrected chi connectivity index (χ3v) is 9.56. The van der Waals surface area contributed by atoms with Crippen molar-refractivity contribution in [2.75, 3.05) is 13.2 Å². The Labute approximate surface area is 245 Å². The van der Waals surface area contributed by atoms with Gasteiger partial charge in [-0.05, 0) is 44.0 Å². The predicted octanol–water partition coefficient (Wildman–Crippen LogP) is 3.45. The Hall–Kier alpha value is -2.52. The van der Waals surface area contributed by atoms with Crippen LogP contribution in [-0.4, -0.2) is 83.6 Å². The molecule has 4 N–H and O–H groups in total. The van der Waals surface area contributed by atoms with E-state index < -0.39 is 70.3 Å². The van der Waals surface area contributed by atoms with E-state index in [4.69, 9.17) is 9.47 Å². The van der Waals surface area contributed by atoms with Crippen LogP contribution in [0.15, 0.2) is 42.6 Å². The van der Waals surface area contributed by atoms with E-state index in [1.165, 1.54) is 18.0 Å². The summed E-state index contributed by atoms with van der Waals surface area (Å²) in [4.78, 5) is 0. The maximum atomic E-state index is 13.9. The molecule has 42 heavy (non-hydrogen) atoms. The fourth-order valence-corrected chi connectivity index (χ4v) is 7.52. The van der Waals surface area contributed by atoms with Gasteiger partial charge in [-0.25, -0.2) is 17.9 Å². The number of aromatic nitrogens is 3. The molecule has 0 amide bonds. The van der Waals surface area contributed by atoms with Gasteiger partial charge in [0, 0.05) is 18.4 Å². The maximum absolute atomic E-state index is 13.9. The van der Waals surface area contributed by atoms with Gasteiger partial charge in [-0.15, -0.1) is 16.9 Å². The highest BCUT2D eigenvalue weighted by Crippen LogP contribution is 2.51. The fourth-order valence-electron chi connectivity index (χ4n) is 5.86. The van der Waals surface area contributed by atoms with Crippen LogP contribution in [-0.2, 0) is 9.47 Å². The Morgan fingerprint density at radius 2 is 1.81 bits per heavy atom. The van der Waals surface area contributed by atoms with Crippen molar-refractivity contribution in [1.82, 2.24) is 15.0 Å². The molecule has 0 radical (unpaired) electrons. The number of nitrogens with zero attached hydrogens (tertiary/aromatic N) is 3. The van der Waals surface area contributed by atoms with E-state index in [9.17, 15) is 33.6 Å². The number of aliphatic hydroxyl groups excluding tert-OH is 3. The molecule has 5 rings (SSSR count). The average Bonchev–Trinajstić information content (AvgIpc) is 3.41. The molecule has 1 aromatic heterocycles. The van der Waals surface area contributed by atoms with Gasteiger partial charge in [-0.3, -0.25) is 0 Å². The summed E-state index contributed by atoms with van der Waals surface area (Å²) >= 11 is 1.17. The Balaban J connectivity index is 1.49. The summed E-state index contributed by atoms with van der Waals surface area (Å²) in [5, 5.41) is 52.0. The Morgan fingerprint density at radius 1 is 1.12 bits per heavy atom. The topological polar surface area (TPSA) is 130 Å². The number of thioether (sulfide) groups is 1. The number of rotatable bonds is 7. The molecule has 228 valence electrons. The smallest absolute Gasteiger partial charge is 0.194 e. The Morgan fingerprint density at radius 3 is 2.45 bits per heavy atom. The van der Waals surface area contributed by atoms with E-state index in [2.05, 4.69) is 10.3 Å². The molecule has 2 fully saturated rings. The van der Waals surface area contributed by atoms with Gasteiger partial charge in [0.1, 0.15) is 35.5 Å². The highest BCUT2D eigenvalue weighted by Gasteiger charge is 2.51. The quantitative estimate of drug-likeness (QED) is 0.298. The summed E-state index contributed by atoms with van der Waals surface area (Å²) in [5.74, 6) is -4.43. The molecule has 2 aromatic carbocycles. The van der Waals surface area contributed by atoms with Crippen LogP contribution in [0.3, 0.4) is 0 Å². The minimum Gasteiger partial charge on any atom is -0.394 e. The number of aliphatic hydroxyl groups is 4. The molecule has 0 bridgehead atoms. The highest BCUT2D eigenvalue weighted by molar-refractivity contribution is 8.00. The minimum absolute atomic E-state index is 0.0278. The summed E-state index contributed by atoms with van der Waals surface area (Å²) in [5.41, 5.74) is -1.27. The molecule has 2 aliphatic rings. The first-order valence-corrected chi connectivity index (χ1v) is 14.5. The van der Waals surface area contributed by atoms with Gasteiger partial charge in [0.25, 0.3) is 0 Å². The normalized spacial score (nSPS) is 30.3. The van der Waals surface area contributed by atoms with E-state index in [0.29, 0.717) is 19.4 Å². The van der Waals surface area contributed by atoms with Crippen LogP contribution in [0, 0.1) is 24.4 Å². The summed E-state index contributed by atoms with van der Waals surface area (Å²) < 4.78 is 54.2. The molecule has 0 saturated carbocycles. The molecule has 2 aliphatic heterocycles. The van der Waals surface area contributed by atoms with Crippen molar-refractivity contribution in [2.45, 2.75) is 79.9 Å². The van der Waals surface area contributed by atoms with Gasteiger partial charge in [-0.1, -0.05) is 29.5 Å². The maximum Gasteiger partial charge on any atom is 0.194 e. The zero-order chi connectivity index (χ0) is 30.4. The first-order valence-electron chi connectivity index (χ1n) is 13.6. The molecule has 3 heterocycles. The van der Waals surface area contributed by atoms with Crippen molar-refractivity contribution in [3.8, 4) is 11.3 Å². The van der Waals surface area contributed by atoms with Crippen molar-refractivity contribution >= 4 is 11.8 Å². The Bertz CT molecular complexity index is 1400. The van der Waals surface area contributed by atoms with E-state index in [1.54, 1.807) is 0 Å². The SMILES string of the molecule is Cc1ccccc1[C@H](S[C@@H]1O[C@H](CO)[C@H](O)[C@H](n2cc(-c3cc(F)c(F)c(F)c3)nn2)[C@H]1O)[C@]1(O)CCOC(C)(C)C1.